The van der Waals surface area contributed by atoms with E-state index in [-0.39, 0.29) is 10.6 Å². The Labute approximate surface area is 174 Å². The van der Waals surface area contributed by atoms with Gasteiger partial charge in [0.25, 0.3) is 10.0 Å². The van der Waals surface area contributed by atoms with Crippen molar-refractivity contribution in [2.45, 2.75) is 17.9 Å². The molecule has 0 unspecified atom stereocenters. The van der Waals surface area contributed by atoms with Crippen LogP contribution in [-0.4, -0.2) is 27.5 Å². The third-order valence-electron chi connectivity index (χ3n) is 4.28. The smallest absolute Gasteiger partial charge is 0.352 e. The maximum Gasteiger partial charge on any atom is 0.352 e. The van der Waals surface area contributed by atoms with E-state index in [1.54, 1.807) is 18.2 Å². The number of anilines is 1. The topological polar surface area (TPSA) is 72.9 Å². The zero-order valence-corrected chi connectivity index (χ0v) is 17.2. The fourth-order valence-corrected chi connectivity index (χ4v) is 3.79. The summed E-state index contributed by atoms with van der Waals surface area (Å²) >= 11 is 0. The molecule has 0 fully saturated rings. The first-order chi connectivity index (χ1) is 14.3. The number of esters is 1. The standard InChI is InChI=1S/C22H20FNO5S/c1-16(28-19-12-8-17(23)9-13-19)22(25)29-20-14-10-18(11-15-20)24(2)30(26,27)21-6-4-3-5-7-21/h3-16H,1-2H3/t16-/m0/s1. The Bertz CT molecular complexity index is 1100. The lowest BCUT2D eigenvalue weighted by Crippen LogP contribution is -2.28. The summed E-state index contributed by atoms with van der Waals surface area (Å²) < 4.78 is 50.1. The third kappa shape index (κ3) is 4.96. The third-order valence-corrected chi connectivity index (χ3v) is 6.08. The van der Waals surface area contributed by atoms with Crippen molar-refractivity contribution in [3.05, 3.63) is 84.7 Å². The molecule has 0 spiro atoms. The van der Waals surface area contributed by atoms with Crippen molar-refractivity contribution in [3.63, 3.8) is 0 Å². The van der Waals surface area contributed by atoms with Crippen LogP contribution in [0.4, 0.5) is 10.1 Å². The van der Waals surface area contributed by atoms with Gasteiger partial charge >= 0.3 is 5.97 Å². The average molecular weight is 429 g/mol. The maximum atomic E-state index is 12.9. The minimum Gasteiger partial charge on any atom is -0.479 e. The van der Waals surface area contributed by atoms with E-state index in [2.05, 4.69) is 0 Å². The first-order valence-corrected chi connectivity index (χ1v) is 10.5. The second kappa shape index (κ2) is 8.96. The minimum absolute atomic E-state index is 0.176. The van der Waals surface area contributed by atoms with Crippen LogP contribution in [0.25, 0.3) is 0 Å². The van der Waals surface area contributed by atoms with Gasteiger partial charge < -0.3 is 9.47 Å². The van der Waals surface area contributed by atoms with Gasteiger partial charge in [0.1, 0.15) is 17.3 Å². The Balaban J connectivity index is 1.65. The van der Waals surface area contributed by atoms with Gasteiger partial charge in [-0.3, -0.25) is 4.31 Å². The van der Waals surface area contributed by atoms with Gasteiger partial charge in [0.15, 0.2) is 6.10 Å². The average Bonchev–Trinajstić information content (AvgIpc) is 2.76. The van der Waals surface area contributed by atoms with Crippen LogP contribution in [0.2, 0.25) is 0 Å². The monoisotopic (exact) mass is 429 g/mol. The Morgan fingerprint density at radius 2 is 1.47 bits per heavy atom. The molecule has 1 atom stereocenters. The number of nitrogens with zero attached hydrogens (tertiary/aromatic N) is 1. The summed E-state index contributed by atoms with van der Waals surface area (Å²) in [5.41, 5.74) is 0.411. The first kappa shape index (κ1) is 21.3. The Morgan fingerprint density at radius 1 is 0.900 bits per heavy atom. The van der Waals surface area contributed by atoms with Crippen LogP contribution < -0.4 is 13.8 Å². The molecule has 156 valence electrons. The van der Waals surface area contributed by atoms with Gasteiger partial charge in [0, 0.05) is 7.05 Å². The molecular formula is C22H20FNO5S. The van der Waals surface area contributed by atoms with Gasteiger partial charge in [0.2, 0.25) is 0 Å². The molecule has 0 radical (unpaired) electrons. The lowest BCUT2D eigenvalue weighted by atomic mass is 10.3. The van der Waals surface area contributed by atoms with Crippen molar-refractivity contribution < 1.29 is 27.1 Å². The number of ether oxygens (including phenoxy) is 2. The van der Waals surface area contributed by atoms with Crippen LogP contribution in [-0.2, 0) is 14.8 Å². The molecule has 3 aromatic carbocycles. The van der Waals surface area contributed by atoms with E-state index in [4.69, 9.17) is 9.47 Å². The largest absolute Gasteiger partial charge is 0.479 e. The Hall–Kier alpha value is -3.39. The summed E-state index contributed by atoms with van der Waals surface area (Å²) in [5.74, 6) is -0.470. The van der Waals surface area contributed by atoms with Gasteiger partial charge in [-0.05, 0) is 67.6 Å². The molecule has 3 rings (SSSR count). The summed E-state index contributed by atoms with van der Waals surface area (Å²) in [7, 11) is -2.25. The first-order valence-electron chi connectivity index (χ1n) is 9.05. The van der Waals surface area contributed by atoms with Gasteiger partial charge in [-0.15, -0.1) is 0 Å². The number of carbonyl (C=O) groups excluding carboxylic acids is 1. The zero-order valence-electron chi connectivity index (χ0n) is 16.4. The molecule has 0 aliphatic heterocycles. The Kier molecular flexibility index (Phi) is 6.37. The SMILES string of the molecule is C[C@H](Oc1ccc(F)cc1)C(=O)Oc1ccc(N(C)S(=O)(=O)c2ccccc2)cc1. The summed E-state index contributed by atoms with van der Waals surface area (Å²) in [6.45, 7) is 1.51. The van der Waals surface area contributed by atoms with Crippen molar-refractivity contribution >= 4 is 21.7 Å². The van der Waals surface area contributed by atoms with Gasteiger partial charge in [-0.25, -0.2) is 17.6 Å². The minimum atomic E-state index is -3.70. The fraction of sp³-hybridized carbons (Fsp3) is 0.136. The summed E-state index contributed by atoms with van der Waals surface area (Å²) in [4.78, 5) is 12.4. The van der Waals surface area contributed by atoms with Crippen LogP contribution >= 0.6 is 0 Å². The molecule has 0 saturated carbocycles. The summed E-state index contributed by atoms with van der Waals surface area (Å²) in [6.07, 6.45) is -0.920. The Morgan fingerprint density at radius 3 is 2.07 bits per heavy atom. The van der Waals surface area contributed by atoms with E-state index in [0.717, 1.165) is 4.31 Å². The quantitative estimate of drug-likeness (QED) is 0.419. The molecule has 0 N–H and O–H groups in total. The molecule has 8 heteroatoms. The molecule has 0 aromatic heterocycles. The molecular weight excluding hydrogens is 409 g/mol. The van der Waals surface area contributed by atoms with E-state index in [0.29, 0.717) is 11.4 Å². The van der Waals surface area contributed by atoms with Gasteiger partial charge in [-0.1, -0.05) is 18.2 Å². The number of halogens is 1. The van der Waals surface area contributed by atoms with Crippen LogP contribution in [0.1, 0.15) is 6.92 Å². The fourth-order valence-electron chi connectivity index (χ4n) is 2.58. The molecule has 0 amide bonds. The van der Waals surface area contributed by atoms with Crippen LogP contribution in [0, 0.1) is 5.82 Å². The molecule has 6 nitrogen and oxygen atoms in total. The van der Waals surface area contributed by atoms with E-state index in [1.807, 2.05) is 0 Å². The second-order valence-electron chi connectivity index (χ2n) is 6.41. The van der Waals surface area contributed by atoms with Crippen molar-refractivity contribution in [1.82, 2.24) is 0 Å². The normalized spacial score (nSPS) is 12.1. The van der Waals surface area contributed by atoms with Crippen molar-refractivity contribution in [1.29, 1.82) is 0 Å². The lowest BCUT2D eigenvalue weighted by Gasteiger charge is -2.20. The van der Waals surface area contributed by atoms with Crippen molar-refractivity contribution in [2.24, 2.45) is 0 Å². The van der Waals surface area contributed by atoms with Crippen molar-refractivity contribution in [3.8, 4) is 11.5 Å². The molecule has 0 bridgehead atoms. The number of hydrogen-bond acceptors (Lipinski definition) is 5. The number of sulfonamides is 1. The molecule has 30 heavy (non-hydrogen) atoms. The van der Waals surface area contributed by atoms with Crippen LogP contribution in [0.3, 0.4) is 0 Å². The van der Waals surface area contributed by atoms with Crippen LogP contribution in [0.15, 0.2) is 83.8 Å². The highest BCUT2D eigenvalue weighted by Gasteiger charge is 2.21. The van der Waals surface area contributed by atoms with E-state index in [9.17, 15) is 17.6 Å². The van der Waals surface area contributed by atoms with Crippen LogP contribution in [0.5, 0.6) is 11.5 Å². The molecule has 0 heterocycles. The number of benzene rings is 3. The van der Waals surface area contributed by atoms with E-state index in [1.165, 1.54) is 74.6 Å². The summed E-state index contributed by atoms with van der Waals surface area (Å²) in [6, 6.07) is 19.4. The molecule has 0 aliphatic carbocycles. The highest BCUT2D eigenvalue weighted by atomic mass is 32.2. The van der Waals surface area contributed by atoms with E-state index >= 15 is 0 Å². The number of hydrogen-bond donors (Lipinski definition) is 0. The number of carbonyl (C=O) groups is 1. The summed E-state index contributed by atoms with van der Waals surface area (Å²) in [5, 5.41) is 0. The predicted molar refractivity (Wildman–Crippen MR) is 111 cm³/mol. The highest BCUT2D eigenvalue weighted by Crippen LogP contribution is 2.24. The second-order valence-corrected chi connectivity index (χ2v) is 8.38. The molecule has 0 saturated heterocycles. The number of rotatable bonds is 7. The lowest BCUT2D eigenvalue weighted by molar-refractivity contribution is -0.141. The molecule has 0 aliphatic rings. The highest BCUT2D eigenvalue weighted by molar-refractivity contribution is 7.92. The maximum absolute atomic E-state index is 12.9. The van der Waals surface area contributed by atoms with E-state index < -0.39 is 27.9 Å². The zero-order chi connectivity index (χ0) is 21.7. The molecule has 3 aromatic rings. The van der Waals surface area contributed by atoms with Crippen molar-refractivity contribution in [2.75, 3.05) is 11.4 Å². The van der Waals surface area contributed by atoms with Gasteiger partial charge in [0.05, 0.1) is 10.6 Å². The van der Waals surface area contributed by atoms with Gasteiger partial charge in [-0.2, -0.15) is 0 Å². The predicted octanol–water partition coefficient (Wildman–Crippen LogP) is 4.02.